The Morgan fingerprint density at radius 3 is 2.21 bits per heavy atom. The second-order valence-corrected chi connectivity index (χ2v) is 17.8. The zero-order valence-electron chi connectivity index (χ0n) is 37.3. The molecular weight excluding hydrogens is 863 g/mol. The molecule has 0 unspecified atom stereocenters. The van der Waals surface area contributed by atoms with Gasteiger partial charge in [-0.2, -0.15) is 8.78 Å². The largest absolute Gasteiger partial charge is 0.453 e. The van der Waals surface area contributed by atoms with Crippen molar-refractivity contribution in [1.82, 2.24) is 40.4 Å². The number of nitrogens with zero attached hydrogens (tertiary/aromatic N) is 4. The average molecular weight is 913 g/mol. The summed E-state index contributed by atoms with van der Waals surface area (Å²) in [6, 6.07) is 22.1. The number of carbonyl (C=O) groups is 4. The van der Waals surface area contributed by atoms with Crippen molar-refractivity contribution in [2.45, 2.75) is 81.3 Å². The molecule has 4 aromatic carbocycles. The van der Waals surface area contributed by atoms with Gasteiger partial charge in [-0.05, 0) is 97.0 Å². The number of benzene rings is 4. The molecule has 0 radical (unpaired) electrons. The molecule has 4 N–H and O–H groups in total. The first-order valence-electron chi connectivity index (χ1n) is 22.5. The van der Waals surface area contributed by atoms with E-state index in [-0.39, 0.29) is 40.9 Å². The molecule has 15 nitrogen and oxygen atoms in total. The lowest BCUT2D eigenvalue weighted by Crippen LogP contribution is -2.54. The van der Waals surface area contributed by atoms with Gasteiger partial charge in [-0.3, -0.25) is 9.59 Å². The number of amides is 4. The van der Waals surface area contributed by atoms with Gasteiger partial charge in [-0.25, -0.2) is 19.6 Å². The number of ether oxygens (including phenoxy) is 3. The number of piperidine rings is 1. The molecule has 7 atom stereocenters. The Bertz CT molecular complexity index is 2900. The summed E-state index contributed by atoms with van der Waals surface area (Å²) in [5, 5.41) is 5.33. The summed E-state index contributed by atoms with van der Waals surface area (Å²) in [5.41, 5.74) is 5.08. The molecule has 4 heterocycles. The minimum absolute atomic E-state index is 0.00906. The van der Waals surface area contributed by atoms with Crippen LogP contribution in [0.5, 0.6) is 0 Å². The molecule has 17 heteroatoms. The molecule has 2 bridgehead atoms. The number of rotatable bonds is 11. The van der Waals surface area contributed by atoms with E-state index in [1.165, 1.54) is 27.4 Å². The van der Waals surface area contributed by atoms with Gasteiger partial charge in [0.2, 0.25) is 5.91 Å². The van der Waals surface area contributed by atoms with Gasteiger partial charge >= 0.3 is 12.2 Å². The van der Waals surface area contributed by atoms with Gasteiger partial charge < -0.3 is 44.6 Å². The van der Waals surface area contributed by atoms with E-state index in [0.29, 0.717) is 75.6 Å². The van der Waals surface area contributed by atoms with Crippen LogP contribution >= 0.6 is 0 Å². The Morgan fingerprint density at radius 2 is 1.48 bits per heavy atom. The normalized spacial score (nSPS) is 21.4. The molecular formula is C50H50F2N8O7. The van der Waals surface area contributed by atoms with Gasteiger partial charge in [-0.1, -0.05) is 60.7 Å². The maximum atomic E-state index is 16.7. The zero-order valence-corrected chi connectivity index (χ0v) is 37.3. The van der Waals surface area contributed by atoms with Gasteiger partial charge in [0.25, 0.3) is 11.8 Å². The van der Waals surface area contributed by atoms with E-state index in [4.69, 9.17) is 19.2 Å². The summed E-state index contributed by atoms with van der Waals surface area (Å²) in [6.45, 7) is 2.12. The number of nitrogens with one attached hydrogen (secondary N) is 4. The number of alkyl halides is 2. The molecule has 67 heavy (non-hydrogen) atoms. The highest BCUT2D eigenvalue weighted by molar-refractivity contribution is 5.90. The Hall–Kier alpha value is -7.14. The fraction of sp³-hybridized carbons (Fsp3) is 0.360. The number of alkyl carbamates (subject to hydrolysis) is 2. The van der Waals surface area contributed by atoms with Crippen LogP contribution in [0.4, 0.5) is 18.4 Å². The van der Waals surface area contributed by atoms with Crippen LogP contribution in [0, 0.1) is 5.92 Å². The molecule has 1 saturated carbocycles. The predicted molar refractivity (Wildman–Crippen MR) is 242 cm³/mol. The maximum absolute atomic E-state index is 16.7. The number of aromatic amines is 2. The van der Waals surface area contributed by atoms with Crippen molar-refractivity contribution in [2.75, 3.05) is 27.9 Å². The first kappa shape index (κ1) is 43.7. The number of methoxy groups -OCH3 is 3. The zero-order chi connectivity index (χ0) is 46.7. The monoisotopic (exact) mass is 912 g/mol. The van der Waals surface area contributed by atoms with Crippen molar-refractivity contribution >= 4 is 35.0 Å². The standard InChI is InChI=1S/C50H50F2N8O7/c1-26(65-2)41(57-48(63)66-3)46(61)59-20-8-11-40(59)44-53-25-39(56-44)30-14-18-34-33-17-13-28(22-35(33)50(51,52)36(34)23-30)29-15-19-37-38(24-29)55-45(54-37)43-31-12-16-32(21-31)60(43)47(62)42(58-49(64)67-4)27-9-6-5-7-10-27/h5-7,9-10,13-15,17-19,22-26,31-32,40-43H,8,11-12,16,20-21H2,1-4H3,(H,53,56)(H,54,55)(H,57,63)(H,58,64)/t26-,31-,32-,40+,41+,42-,43+/m1/s1. The van der Waals surface area contributed by atoms with Crippen molar-refractivity contribution < 1.29 is 42.2 Å². The number of aromatic nitrogens is 4. The minimum atomic E-state index is -3.31. The first-order valence-corrected chi connectivity index (χ1v) is 22.5. The number of hydrogen-bond donors (Lipinski definition) is 4. The first-order chi connectivity index (χ1) is 32.4. The van der Waals surface area contributed by atoms with Crippen LogP contribution in [0.3, 0.4) is 0 Å². The number of H-pyrrole nitrogens is 2. The van der Waals surface area contributed by atoms with E-state index in [0.717, 1.165) is 24.8 Å². The van der Waals surface area contributed by atoms with Crippen LogP contribution in [0.1, 0.15) is 85.5 Å². The number of likely N-dealkylation sites (tertiary alicyclic amines) is 2. The fourth-order valence-electron chi connectivity index (χ4n) is 10.7. The molecule has 0 spiro atoms. The van der Waals surface area contributed by atoms with E-state index < -0.39 is 42.3 Å². The van der Waals surface area contributed by atoms with Crippen LogP contribution in [0.15, 0.2) is 91.1 Å². The van der Waals surface area contributed by atoms with Crippen LogP contribution < -0.4 is 10.6 Å². The second kappa shape index (κ2) is 17.3. The molecule has 2 aromatic heterocycles. The topological polar surface area (TPSA) is 184 Å². The Balaban J connectivity index is 0.890. The molecule has 346 valence electrons. The summed E-state index contributed by atoms with van der Waals surface area (Å²) < 4.78 is 48.3. The molecule has 2 saturated heterocycles. The van der Waals surface area contributed by atoms with E-state index in [1.807, 2.05) is 47.4 Å². The van der Waals surface area contributed by atoms with Gasteiger partial charge in [0, 0.05) is 36.4 Å². The lowest BCUT2D eigenvalue weighted by atomic mass is 9.96. The van der Waals surface area contributed by atoms with Gasteiger partial charge in [0.1, 0.15) is 23.7 Å². The third-order valence-corrected chi connectivity index (χ3v) is 14.1. The molecule has 4 amide bonds. The molecule has 10 rings (SSSR count). The highest BCUT2D eigenvalue weighted by Gasteiger charge is 2.52. The predicted octanol–water partition coefficient (Wildman–Crippen LogP) is 8.31. The number of imidazole rings is 2. The Morgan fingerprint density at radius 1 is 0.791 bits per heavy atom. The third-order valence-electron chi connectivity index (χ3n) is 14.1. The van der Waals surface area contributed by atoms with Crippen molar-refractivity contribution in [2.24, 2.45) is 5.92 Å². The average Bonchev–Trinajstić information content (AvgIpc) is 4.23. The quantitative estimate of drug-likeness (QED) is 0.0993. The number of hydrogen-bond acceptors (Lipinski definition) is 9. The Kier molecular flexibility index (Phi) is 11.3. The van der Waals surface area contributed by atoms with E-state index in [9.17, 15) is 19.2 Å². The van der Waals surface area contributed by atoms with Crippen LogP contribution in [-0.4, -0.2) is 99.8 Å². The van der Waals surface area contributed by atoms with Crippen molar-refractivity contribution in [3.05, 3.63) is 119 Å². The second-order valence-electron chi connectivity index (χ2n) is 17.8. The van der Waals surface area contributed by atoms with Crippen LogP contribution in [-0.2, 0) is 29.7 Å². The third kappa shape index (κ3) is 7.64. The summed E-state index contributed by atoms with van der Waals surface area (Å²) >= 11 is 0. The van der Waals surface area contributed by atoms with Gasteiger partial charge in [-0.15, -0.1) is 0 Å². The van der Waals surface area contributed by atoms with Gasteiger partial charge in [0.15, 0.2) is 0 Å². The van der Waals surface area contributed by atoms with Crippen molar-refractivity contribution in [3.63, 3.8) is 0 Å². The number of fused-ring (bicyclic) bond motifs is 6. The number of halogens is 2. The maximum Gasteiger partial charge on any atom is 0.407 e. The number of carbonyl (C=O) groups excluding carboxylic acids is 4. The summed E-state index contributed by atoms with van der Waals surface area (Å²) in [4.78, 5) is 72.6. The van der Waals surface area contributed by atoms with Crippen molar-refractivity contribution in [3.8, 4) is 33.5 Å². The minimum Gasteiger partial charge on any atom is -0.453 e. The van der Waals surface area contributed by atoms with E-state index >= 15 is 8.78 Å². The van der Waals surface area contributed by atoms with Gasteiger partial charge in [0.05, 0.1) is 55.3 Å². The molecule has 4 aliphatic rings. The Labute approximate surface area is 384 Å². The summed E-state index contributed by atoms with van der Waals surface area (Å²) in [5.74, 6) is -2.56. The van der Waals surface area contributed by atoms with E-state index in [1.54, 1.807) is 54.4 Å². The van der Waals surface area contributed by atoms with Crippen LogP contribution in [0.25, 0.3) is 44.5 Å². The highest BCUT2D eigenvalue weighted by Crippen LogP contribution is 2.53. The lowest BCUT2D eigenvalue weighted by Gasteiger charge is -2.36. The smallest absolute Gasteiger partial charge is 0.407 e. The fourth-order valence-corrected chi connectivity index (χ4v) is 10.7. The highest BCUT2D eigenvalue weighted by atomic mass is 19.3. The summed E-state index contributed by atoms with van der Waals surface area (Å²) in [6.07, 6.45) is 3.44. The molecule has 2 aliphatic carbocycles. The molecule has 3 fully saturated rings. The molecule has 2 aliphatic heterocycles. The lowest BCUT2D eigenvalue weighted by molar-refractivity contribution is -0.138. The molecule has 6 aromatic rings. The van der Waals surface area contributed by atoms with Crippen molar-refractivity contribution in [1.29, 1.82) is 0 Å². The SMILES string of the molecule is COC(=O)N[C@H](C(=O)N1CCC[C@H]1c1ncc(-c2ccc3c(c2)C(F)(F)c2cc(-c4ccc5nc([C@@H]6[C@@H]7CC[C@H](C7)N6C(=O)[C@H](NC(=O)OC)c6ccccc6)[nH]c5c4)ccc2-3)[nH]1)[C@@H](C)OC. The van der Waals surface area contributed by atoms with E-state index in [2.05, 4.69) is 25.6 Å². The van der Waals surface area contributed by atoms with Crippen LogP contribution in [0.2, 0.25) is 0 Å². The summed E-state index contributed by atoms with van der Waals surface area (Å²) in [7, 11) is 3.94.